The lowest BCUT2D eigenvalue weighted by Gasteiger charge is -2.12. The van der Waals surface area contributed by atoms with Crippen LogP contribution in [0.4, 0.5) is 19.0 Å². The van der Waals surface area contributed by atoms with Crippen LogP contribution in [0.3, 0.4) is 0 Å². The quantitative estimate of drug-likeness (QED) is 0.694. The molecule has 0 saturated carbocycles. The summed E-state index contributed by atoms with van der Waals surface area (Å²) in [5.41, 5.74) is 0.374. The van der Waals surface area contributed by atoms with Gasteiger partial charge in [-0.2, -0.15) is 28.2 Å². The van der Waals surface area contributed by atoms with Crippen LogP contribution in [0.5, 0.6) is 0 Å². The van der Waals surface area contributed by atoms with E-state index in [4.69, 9.17) is 0 Å². The first kappa shape index (κ1) is 20.3. The molecule has 0 amide bonds. The number of pyridine rings is 1. The Morgan fingerprint density at radius 3 is 2.28 bits per heavy atom. The average Bonchev–Trinajstić information content (AvgIpc) is 3.02. The largest absolute Gasteiger partial charge is 0.417 e. The van der Waals surface area contributed by atoms with Gasteiger partial charge in [0.25, 0.3) is 10.0 Å². The SMILES string of the molecule is Cc1cc(C)cc(S(=O)(=O)Nc2c(C#N)cnn2-c2ccc(C(F)(F)F)cn2)c1. The molecule has 0 saturated heterocycles. The number of nitriles is 1. The molecule has 0 spiro atoms. The van der Waals surface area contributed by atoms with Crippen molar-refractivity contribution >= 4 is 15.8 Å². The van der Waals surface area contributed by atoms with Crippen molar-refractivity contribution in [3.05, 3.63) is 65.0 Å². The highest BCUT2D eigenvalue weighted by atomic mass is 32.2. The molecular weight excluding hydrogens is 407 g/mol. The number of benzene rings is 1. The maximum absolute atomic E-state index is 12.8. The summed E-state index contributed by atoms with van der Waals surface area (Å²) >= 11 is 0. The van der Waals surface area contributed by atoms with Gasteiger partial charge in [0.15, 0.2) is 11.6 Å². The van der Waals surface area contributed by atoms with E-state index in [-0.39, 0.29) is 22.1 Å². The summed E-state index contributed by atoms with van der Waals surface area (Å²) in [4.78, 5) is 3.67. The van der Waals surface area contributed by atoms with Gasteiger partial charge in [0, 0.05) is 6.20 Å². The summed E-state index contributed by atoms with van der Waals surface area (Å²) in [6.07, 6.45) is -2.87. The highest BCUT2D eigenvalue weighted by molar-refractivity contribution is 7.92. The molecule has 0 bridgehead atoms. The Kier molecular flexibility index (Phi) is 5.06. The van der Waals surface area contributed by atoms with Crippen LogP contribution in [-0.2, 0) is 16.2 Å². The number of nitrogens with one attached hydrogen (secondary N) is 1. The molecule has 150 valence electrons. The van der Waals surface area contributed by atoms with Gasteiger partial charge < -0.3 is 0 Å². The predicted octanol–water partition coefficient (Wildman–Crippen LogP) is 3.58. The zero-order chi connectivity index (χ0) is 21.4. The van der Waals surface area contributed by atoms with Gasteiger partial charge in [0.2, 0.25) is 0 Å². The van der Waals surface area contributed by atoms with Crippen LogP contribution in [-0.4, -0.2) is 23.2 Å². The molecule has 0 aliphatic heterocycles. The number of halogens is 3. The van der Waals surface area contributed by atoms with Crippen LogP contribution in [0.2, 0.25) is 0 Å². The molecule has 0 aliphatic carbocycles. The van der Waals surface area contributed by atoms with Gasteiger partial charge in [-0.15, -0.1) is 0 Å². The molecular formula is C18H14F3N5O2S. The number of hydrogen-bond acceptors (Lipinski definition) is 5. The zero-order valence-electron chi connectivity index (χ0n) is 15.2. The molecule has 0 radical (unpaired) electrons. The van der Waals surface area contributed by atoms with Crippen molar-refractivity contribution in [2.75, 3.05) is 4.72 Å². The van der Waals surface area contributed by atoms with E-state index in [1.54, 1.807) is 26.0 Å². The molecule has 29 heavy (non-hydrogen) atoms. The standard InChI is InChI=1S/C18H14F3N5O2S/c1-11-5-12(2)7-15(6-11)29(27,28)25-17-13(8-22)9-24-26(17)16-4-3-14(10-23-16)18(19,20)21/h3-7,9-10,25H,1-2H3. The molecule has 2 heterocycles. The number of aryl methyl sites for hydroxylation is 2. The van der Waals surface area contributed by atoms with Crippen LogP contribution >= 0.6 is 0 Å². The van der Waals surface area contributed by atoms with E-state index in [1.165, 1.54) is 12.1 Å². The Morgan fingerprint density at radius 1 is 1.10 bits per heavy atom. The predicted molar refractivity (Wildman–Crippen MR) is 97.8 cm³/mol. The second-order valence-corrected chi connectivity index (χ2v) is 7.94. The minimum Gasteiger partial charge on any atom is -0.262 e. The Morgan fingerprint density at radius 2 is 1.76 bits per heavy atom. The minimum atomic E-state index is -4.57. The van der Waals surface area contributed by atoms with Crippen LogP contribution in [0.15, 0.2) is 47.6 Å². The second-order valence-electron chi connectivity index (χ2n) is 6.26. The van der Waals surface area contributed by atoms with E-state index in [0.29, 0.717) is 6.20 Å². The van der Waals surface area contributed by atoms with Gasteiger partial charge in [-0.1, -0.05) is 6.07 Å². The first-order valence-corrected chi connectivity index (χ1v) is 9.62. The molecule has 11 heteroatoms. The van der Waals surface area contributed by atoms with E-state index in [0.717, 1.165) is 34.1 Å². The van der Waals surface area contributed by atoms with Gasteiger partial charge in [-0.3, -0.25) is 4.72 Å². The van der Waals surface area contributed by atoms with Gasteiger partial charge in [0.1, 0.15) is 11.6 Å². The first-order valence-electron chi connectivity index (χ1n) is 8.14. The molecule has 3 aromatic rings. The number of anilines is 1. The third kappa shape index (κ3) is 4.22. The van der Waals surface area contributed by atoms with E-state index >= 15 is 0 Å². The smallest absolute Gasteiger partial charge is 0.262 e. The molecule has 0 aliphatic rings. The van der Waals surface area contributed by atoms with Crippen molar-refractivity contribution in [2.45, 2.75) is 24.9 Å². The number of sulfonamides is 1. The van der Waals surface area contributed by atoms with Crippen molar-refractivity contribution in [3.8, 4) is 11.9 Å². The lowest BCUT2D eigenvalue weighted by atomic mass is 10.2. The van der Waals surface area contributed by atoms with Crippen molar-refractivity contribution in [1.29, 1.82) is 5.26 Å². The van der Waals surface area contributed by atoms with Crippen LogP contribution in [0.1, 0.15) is 22.3 Å². The fourth-order valence-corrected chi connectivity index (χ4v) is 3.91. The van der Waals surface area contributed by atoms with Crippen molar-refractivity contribution in [2.24, 2.45) is 0 Å². The highest BCUT2D eigenvalue weighted by Crippen LogP contribution is 2.29. The summed E-state index contributed by atoms with van der Waals surface area (Å²) < 4.78 is 67.1. The molecule has 2 aromatic heterocycles. The summed E-state index contributed by atoms with van der Waals surface area (Å²) in [5, 5.41) is 13.2. The monoisotopic (exact) mass is 421 g/mol. The average molecular weight is 421 g/mol. The van der Waals surface area contributed by atoms with Gasteiger partial charge in [-0.05, 0) is 49.2 Å². The van der Waals surface area contributed by atoms with E-state index < -0.39 is 21.8 Å². The molecule has 0 fully saturated rings. The lowest BCUT2D eigenvalue weighted by Crippen LogP contribution is -2.17. The normalized spacial score (nSPS) is 11.9. The highest BCUT2D eigenvalue weighted by Gasteiger charge is 2.31. The van der Waals surface area contributed by atoms with Gasteiger partial charge in [-0.25, -0.2) is 13.4 Å². The number of hydrogen-bond donors (Lipinski definition) is 1. The fourth-order valence-electron chi connectivity index (χ4n) is 2.66. The maximum atomic E-state index is 12.8. The number of nitrogens with zero attached hydrogens (tertiary/aromatic N) is 4. The summed E-state index contributed by atoms with van der Waals surface area (Å²) in [7, 11) is -4.09. The molecule has 7 nitrogen and oxygen atoms in total. The van der Waals surface area contributed by atoms with Gasteiger partial charge >= 0.3 is 6.18 Å². The summed E-state index contributed by atoms with van der Waals surface area (Å²) in [6.45, 7) is 3.48. The van der Waals surface area contributed by atoms with Gasteiger partial charge in [0.05, 0.1) is 16.7 Å². The zero-order valence-corrected chi connectivity index (χ0v) is 16.0. The molecule has 0 atom stereocenters. The minimum absolute atomic E-state index is 0.0213. The Bertz CT molecular complexity index is 1190. The summed E-state index contributed by atoms with van der Waals surface area (Å²) in [5.74, 6) is -0.309. The van der Waals surface area contributed by atoms with Crippen LogP contribution < -0.4 is 4.72 Å². The topological polar surface area (TPSA) is 101 Å². The van der Waals surface area contributed by atoms with Crippen LogP contribution in [0.25, 0.3) is 5.82 Å². The molecule has 3 rings (SSSR count). The summed E-state index contributed by atoms with van der Waals surface area (Å²) in [6, 6.07) is 8.34. The third-order valence-electron chi connectivity index (χ3n) is 3.92. The van der Waals surface area contributed by atoms with E-state index in [9.17, 15) is 26.9 Å². The maximum Gasteiger partial charge on any atom is 0.417 e. The Hall–Kier alpha value is -3.39. The Labute approximate surface area is 164 Å². The molecule has 1 aromatic carbocycles. The fraction of sp³-hybridized carbons (Fsp3) is 0.167. The van der Waals surface area contributed by atoms with E-state index in [1.807, 2.05) is 0 Å². The Balaban J connectivity index is 2.05. The first-order chi connectivity index (χ1) is 13.5. The number of rotatable bonds is 4. The number of alkyl halides is 3. The molecule has 0 unspecified atom stereocenters. The van der Waals surface area contributed by atoms with Crippen LogP contribution in [0, 0.1) is 25.2 Å². The number of aromatic nitrogens is 3. The van der Waals surface area contributed by atoms with E-state index in [2.05, 4.69) is 14.8 Å². The third-order valence-corrected chi connectivity index (χ3v) is 5.24. The second kappa shape index (κ2) is 7.21. The van der Waals surface area contributed by atoms with Crippen molar-refractivity contribution in [1.82, 2.24) is 14.8 Å². The lowest BCUT2D eigenvalue weighted by molar-refractivity contribution is -0.137. The van der Waals surface area contributed by atoms with Crippen molar-refractivity contribution < 1.29 is 21.6 Å². The molecule has 1 N–H and O–H groups in total. The van der Waals surface area contributed by atoms with Crippen molar-refractivity contribution in [3.63, 3.8) is 0 Å².